The monoisotopic (exact) mass is 375 g/mol. The molecule has 130 valence electrons. The molecule has 1 aliphatic heterocycles. The molecule has 1 fully saturated rings. The molecule has 0 bridgehead atoms. The van der Waals surface area contributed by atoms with Crippen molar-refractivity contribution in [3.63, 3.8) is 0 Å². The minimum absolute atomic E-state index is 0.0885. The van der Waals surface area contributed by atoms with Crippen LogP contribution in [0.3, 0.4) is 0 Å². The maximum Gasteiger partial charge on any atom is 0.397 e. The van der Waals surface area contributed by atoms with E-state index < -0.39 is 23.0 Å². The molecule has 0 spiro atoms. The van der Waals surface area contributed by atoms with E-state index in [1.54, 1.807) is 13.8 Å². The van der Waals surface area contributed by atoms with Crippen molar-refractivity contribution in [3.8, 4) is 0 Å². The van der Waals surface area contributed by atoms with Crippen LogP contribution in [0, 0.1) is 10.1 Å². The van der Waals surface area contributed by atoms with Crippen molar-refractivity contribution in [2.24, 2.45) is 5.10 Å². The number of hydrogen-bond donors (Lipinski definition) is 0. The van der Waals surface area contributed by atoms with E-state index in [9.17, 15) is 19.7 Å². The second-order valence-corrected chi connectivity index (χ2v) is 6.75. The van der Waals surface area contributed by atoms with Crippen LogP contribution in [0.5, 0.6) is 0 Å². The average molecular weight is 376 g/mol. The normalized spacial score (nSPS) is 16.1. The number of esters is 1. The van der Waals surface area contributed by atoms with Crippen LogP contribution in [0.25, 0.3) is 0 Å². The summed E-state index contributed by atoms with van der Waals surface area (Å²) in [6.07, 6.45) is 1.06. The van der Waals surface area contributed by atoms with Crippen molar-refractivity contribution in [1.29, 1.82) is 0 Å². The molecule has 1 aromatic rings. The summed E-state index contributed by atoms with van der Waals surface area (Å²) >= 11 is 6.97. The highest BCUT2D eigenvalue weighted by Crippen LogP contribution is 2.21. The number of guanidine groups is 1. The Morgan fingerprint density at radius 1 is 1.54 bits per heavy atom. The highest BCUT2D eigenvalue weighted by atomic mass is 35.5. The summed E-state index contributed by atoms with van der Waals surface area (Å²) in [7, 11) is 0. The van der Waals surface area contributed by atoms with Gasteiger partial charge in [-0.1, -0.05) is 11.6 Å². The van der Waals surface area contributed by atoms with Gasteiger partial charge in [0.15, 0.2) is 9.50 Å². The molecule has 2 heterocycles. The van der Waals surface area contributed by atoms with Crippen LogP contribution < -0.4 is 0 Å². The van der Waals surface area contributed by atoms with Crippen LogP contribution >= 0.6 is 22.9 Å². The fourth-order valence-corrected chi connectivity index (χ4v) is 3.04. The van der Waals surface area contributed by atoms with Gasteiger partial charge in [0.2, 0.25) is 0 Å². The molecule has 0 saturated carbocycles. The Kier molecular flexibility index (Phi) is 5.67. The van der Waals surface area contributed by atoms with Gasteiger partial charge in [-0.3, -0.25) is 9.69 Å². The number of carbonyl (C=O) groups excluding carboxylic acids is 2. The molecule has 0 N–H and O–H groups in total. The number of nitrogens with zero attached hydrogens (tertiary/aromatic N) is 5. The number of aromatic nitrogens is 1. The molecule has 12 heteroatoms. The fraction of sp³-hybridized carbons (Fsp3) is 0.500. The van der Waals surface area contributed by atoms with Gasteiger partial charge in [0, 0.05) is 24.2 Å². The van der Waals surface area contributed by atoms with Crippen LogP contribution in [0.2, 0.25) is 4.47 Å². The standard InChI is InChI=1S/C12H14ClN5O5S/c1-7(2)23-10(20)9(19)17-4-3-16(12(17)15-18(21)22)6-8-5-14-11(13)24-8/h5,7H,3-4,6H2,1-2H3/b15-12-. The van der Waals surface area contributed by atoms with E-state index >= 15 is 0 Å². The largest absolute Gasteiger partial charge is 0.456 e. The van der Waals surface area contributed by atoms with Gasteiger partial charge in [-0.15, -0.1) is 11.3 Å². The lowest BCUT2D eigenvalue weighted by atomic mass is 10.4. The summed E-state index contributed by atoms with van der Waals surface area (Å²) in [5.41, 5.74) is 0. The summed E-state index contributed by atoms with van der Waals surface area (Å²) in [5.74, 6) is -2.28. The van der Waals surface area contributed by atoms with Gasteiger partial charge < -0.3 is 9.64 Å². The lowest BCUT2D eigenvalue weighted by Crippen LogP contribution is -2.42. The second kappa shape index (κ2) is 7.53. The predicted molar refractivity (Wildman–Crippen MR) is 84.9 cm³/mol. The fourth-order valence-electron chi connectivity index (χ4n) is 2.04. The number of nitro groups is 1. The molecule has 1 saturated heterocycles. The first-order valence-electron chi connectivity index (χ1n) is 6.88. The SMILES string of the molecule is CC(C)OC(=O)C(=O)N1CCN(Cc2cnc(Cl)s2)/C1=N/[N+](=O)[O-]. The predicted octanol–water partition coefficient (Wildman–Crippen LogP) is 0.940. The Labute approximate surface area is 145 Å². The van der Waals surface area contributed by atoms with Crippen LogP contribution in [0.4, 0.5) is 0 Å². The molecule has 1 aliphatic rings. The minimum atomic E-state index is -1.08. The summed E-state index contributed by atoms with van der Waals surface area (Å²) in [6, 6.07) is 0. The number of amides is 1. The van der Waals surface area contributed by atoms with Gasteiger partial charge in [-0.2, -0.15) is 0 Å². The third kappa shape index (κ3) is 4.38. The minimum Gasteiger partial charge on any atom is -0.456 e. The van der Waals surface area contributed by atoms with Crippen LogP contribution in [0.15, 0.2) is 11.3 Å². The van der Waals surface area contributed by atoms with Gasteiger partial charge in [-0.25, -0.2) is 19.9 Å². The average Bonchev–Trinajstić information content (AvgIpc) is 3.05. The smallest absolute Gasteiger partial charge is 0.397 e. The van der Waals surface area contributed by atoms with Crippen LogP contribution in [-0.4, -0.2) is 56.8 Å². The highest BCUT2D eigenvalue weighted by Gasteiger charge is 2.38. The molecule has 0 aromatic carbocycles. The van der Waals surface area contributed by atoms with Crippen molar-refractivity contribution in [1.82, 2.24) is 14.8 Å². The Morgan fingerprint density at radius 2 is 2.25 bits per heavy atom. The van der Waals surface area contributed by atoms with E-state index in [0.717, 1.165) is 9.78 Å². The topological polar surface area (TPSA) is 118 Å². The van der Waals surface area contributed by atoms with Crippen molar-refractivity contribution >= 4 is 40.8 Å². The number of hydrazone groups is 1. The summed E-state index contributed by atoms with van der Waals surface area (Å²) in [4.78, 5) is 41.8. The van der Waals surface area contributed by atoms with E-state index in [1.807, 2.05) is 0 Å². The zero-order valence-electron chi connectivity index (χ0n) is 12.8. The second-order valence-electron chi connectivity index (χ2n) is 5.05. The Morgan fingerprint density at radius 3 is 2.79 bits per heavy atom. The first-order chi connectivity index (χ1) is 11.3. The van der Waals surface area contributed by atoms with Gasteiger partial charge in [0.25, 0.3) is 5.96 Å². The number of rotatable bonds is 4. The lowest BCUT2D eigenvalue weighted by molar-refractivity contribution is -0.486. The number of ether oxygens (including phenoxy) is 1. The number of thiazole rings is 1. The zero-order chi connectivity index (χ0) is 17.9. The zero-order valence-corrected chi connectivity index (χ0v) is 14.4. The van der Waals surface area contributed by atoms with Crippen molar-refractivity contribution < 1.29 is 19.4 Å². The molecular formula is C12H14ClN5O5S. The number of carbonyl (C=O) groups is 2. The van der Waals surface area contributed by atoms with Gasteiger partial charge >= 0.3 is 11.9 Å². The van der Waals surface area contributed by atoms with E-state index in [1.165, 1.54) is 22.4 Å². The van der Waals surface area contributed by atoms with Crippen LogP contribution in [0.1, 0.15) is 18.7 Å². The molecule has 0 aliphatic carbocycles. The molecule has 0 radical (unpaired) electrons. The molecule has 24 heavy (non-hydrogen) atoms. The molecule has 0 atom stereocenters. The van der Waals surface area contributed by atoms with Gasteiger partial charge in [0.1, 0.15) is 5.10 Å². The molecule has 0 unspecified atom stereocenters. The summed E-state index contributed by atoms with van der Waals surface area (Å²) in [6.45, 7) is 3.80. The Hall–Kier alpha value is -2.27. The van der Waals surface area contributed by atoms with Crippen molar-refractivity contribution in [2.45, 2.75) is 26.5 Å². The number of hydrogen-bond acceptors (Lipinski definition) is 7. The first kappa shape index (κ1) is 18.1. The number of halogens is 1. The van der Waals surface area contributed by atoms with Gasteiger partial charge in [0.05, 0.1) is 12.6 Å². The van der Waals surface area contributed by atoms with Crippen molar-refractivity contribution in [3.05, 3.63) is 25.7 Å². The first-order valence-corrected chi connectivity index (χ1v) is 8.08. The Bertz CT molecular complexity index is 691. The summed E-state index contributed by atoms with van der Waals surface area (Å²) < 4.78 is 5.17. The van der Waals surface area contributed by atoms with E-state index in [4.69, 9.17) is 16.3 Å². The van der Waals surface area contributed by atoms with Gasteiger partial charge in [-0.05, 0) is 13.8 Å². The van der Waals surface area contributed by atoms with E-state index in [-0.39, 0.29) is 25.6 Å². The quantitative estimate of drug-likeness (QED) is 0.332. The highest BCUT2D eigenvalue weighted by molar-refractivity contribution is 7.15. The molecule has 1 amide bonds. The third-order valence-corrected chi connectivity index (χ3v) is 4.02. The molecule has 2 rings (SSSR count). The summed E-state index contributed by atoms with van der Waals surface area (Å²) in [5, 5.41) is 13.1. The molecular weight excluding hydrogens is 362 g/mol. The Balaban J connectivity index is 2.19. The maximum atomic E-state index is 12.2. The van der Waals surface area contributed by atoms with E-state index in [2.05, 4.69) is 10.1 Å². The van der Waals surface area contributed by atoms with Crippen LogP contribution in [-0.2, 0) is 20.9 Å². The maximum absolute atomic E-state index is 12.2. The third-order valence-electron chi connectivity index (χ3n) is 2.92. The molecule has 1 aromatic heterocycles. The lowest BCUT2D eigenvalue weighted by Gasteiger charge is -2.18. The van der Waals surface area contributed by atoms with E-state index in [0.29, 0.717) is 4.47 Å². The molecule has 10 nitrogen and oxygen atoms in total. The van der Waals surface area contributed by atoms with Crippen molar-refractivity contribution in [2.75, 3.05) is 13.1 Å².